The van der Waals surface area contributed by atoms with Crippen molar-refractivity contribution in [1.82, 2.24) is 0 Å². The van der Waals surface area contributed by atoms with Crippen LogP contribution >= 0.6 is 0 Å². The summed E-state index contributed by atoms with van der Waals surface area (Å²) >= 11 is 0. The van der Waals surface area contributed by atoms with Crippen molar-refractivity contribution in [2.75, 3.05) is 7.05 Å². The van der Waals surface area contributed by atoms with Crippen LogP contribution < -0.4 is 0 Å². The Hall–Kier alpha value is -1.11. The lowest BCUT2D eigenvalue weighted by Crippen LogP contribution is -2.45. The minimum atomic E-state index is 0.290. The fourth-order valence-corrected chi connectivity index (χ4v) is 2.50. The molecule has 1 aromatic carbocycles. The normalized spacial score (nSPS) is 25.3. The van der Waals surface area contributed by atoms with Crippen molar-refractivity contribution < 1.29 is 4.58 Å². The predicted molar refractivity (Wildman–Crippen MR) is 64.8 cm³/mol. The van der Waals surface area contributed by atoms with Crippen LogP contribution in [0.15, 0.2) is 24.3 Å². The molecule has 0 bridgehead atoms. The third-order valence-electron chi connectivity index (χ3n) is 4.05. The number of likely N-dealkylation sites (N-methyl/N-ethyl adjacent to an activating group) is 1. The van der Waals surface area contributed by atoms with E-state index in [0.29, 0.717) is 5.54 Å². The summed E-state index contributed by atoms with van der Waals surface area (Å²) in [5.74, 6) is 0. The molecule has 0 aliphatic carbocycles. The summed E-state index contributed by atoms with van der Waals surface area (Å²) in [6, 6.07) is 8.77. The minimum absolute atomic E-state index is 0.290. The summed E-state index contributed by atoms with van der Waals surface area (Å²) in [5, 5.41) is 0. The van der Waals surface area contributed by atoms with Gasteiger partial charge in [-0.3, -0.25) is 0 Å². The highest BCUT2D eigenvalue weighted by atomic mass is 15.1. The lowest BCUT2D eigenvalue weighted by Gasteiger charge is -2.30. The first-order valence-corrected chi connectivity index (χ1v) is 5.74. The summed E-state index contributed by atoms with van der Waals surface area (Å²) in [6.07, 6.45) is 2.35. The summed E-state index contributed by atoms with van der Waals surface area (Å²) in [7, 11) is 2.22. The Balaban J connectivity index is 2.60. The van der Waals surface area contributed by atoms with Crippen LogP contribution in [0.25, 0.3) is 0 Å². The van der Waals surface area contributed by atoms with Crippen LogP contribution in [0.4, 0.5) is 0 Å². The largest absolute Gasteiger partial charge is 0.231 e. The van der Waals surface area contributed by atoms with Crippen LogP contribution in [0.1, 0.15) is 38.3 Å². The van der Waals surface area contributed by atoms with Gasteiger partial charge in [0.15, 0.2) is 11.3 Å². The molecule has 0 amide bonds. The van der Waals surface area contributed by atoms with Gasteiger partial charge in [0.2, 0.25) is 0 Å². The highest BCUT2D eigenvalue weighted by Gasteiger charge is 2.38. The van der Waals surface area contributed by atoms with Crippen molar-refractivity contribution in [3.05, 3.63) is 35.4 Å². The van der Waals surface area contributed by atoms with Gasteiger partial charge >= 0.3 is 0 Å². The Morgan fingerprint density at radius 2 is 2.00 bits per heavy atom. The average Bonchev–Trinajstić information content (AvgIpc) is 2.26. The van der Waals surface area contributed by atoms with Crippen LogP contribution in [-0.4, -0.2) is 22.9 Å². The molecule has 1 aromatic rings. The Kier molecular flexibility index (Phi) is 2.41. The van der Waals surface area contributed by atoms with Gasteiger partial charge in [-0.15, -0.1) is 0 Å². The summed E-state index contributed by atoms with van der Waals surface area (Å²) in [4.78, 5) is 0. The van der Waals surface area contributed by atoms with Gasteiger partial charge in [0.1, 0.15) is 7.05 Å². The van der Waals surface area contributed by atoms with E-state index in [-0.39, 0.29) is 0 Å². The number of fused-ring (bicyclic) bond motifs is 1. The topological polar surface area (TPSA) is 3.01 Å². The zero-order valence-electron chi connectivity index (χ0n) is 10.2. The summed E-state index contributed by atoms with van der Waals surface area (Å²) < 4.78 is 2.44. The molecular formula is C14H20N+. The van der Waals surface area contributed by atoms with E-state index in [1.807, 2.05) is 0 Å². The van der Waals surface area contributed by atoms with Crippen LogP contribution in [0.5, 0.6) is 0 Å². The first-order chi connectivity index (χ1) is 7.08. The Bertz CT molecular complexity index is 417. The fourth-order valence-electron chi connectivity index (χ4n) is 2.50. The van der Waals surface area contributed by atoms with E-state index in [2.05, 4.69) is 56.7 Å². The van der Waals surface area contributed by atoms with Crippen molar-refractivity contribution in [3.63, 3.8) is 0 Å². The SMILES string of the molecule is CCC1(C)Cc2ccccc2C(C)=[N+]1C. The smallest absolute Gasteiger partial charge is 0.180 e. The van der Waals surface area contributed by atoms with Gasteiger partial charge in [0.05, 0.1) is 0 Å². The lowest BCUT2D eigenvalue weighted by atomic mass is 9.83. The molecule has 0 fully saturated rings. The fraction of sp³-hybridized carbons (Fsp3) is 0.500. The van der Waals surface area contributed by atoms with Crippen molar-refractivity contribution in [2.45, 2.75) is 39.2 Å². The highest BCUT2D eigenvalue weighted by molar-refractivity contribution is 5.97. The molecule has 0 radical (unpaired) electrons. The molecule has 0 aromatic heterocycles. The van der Waals surface area contributed by atoms with Gasteiger partial charge < -0.3 is 0 Å². The zero-order chi connectivity index (χ0) is 11.1. The number of benzene rings is 1. The van der Waals surface area contributed by atoms with Gasteiger partial charge in [-0.2, -0.15) is 0 Å². The molecule has 1 unspecified atom stereocenters. The molecule has 80 valence electrons. The zero-order valence-corrected chi connectivity index (χ0v) is 10.2. The van der Waals surface area contributed by atoms with Crippen LogP contribution in [-0.2, 0) is 6.42 Å². The van der Waals surface area contributed by atoms with E-state index in [1.54, 1.807) is 0 Å². The molecule has 1 heterocycles. The molecule has 0 saturated heterocycles. The van der Waals surface area contributed by atoms with Crippen molar-refractivity contribution >= 4 is 5.71 Å². The first kappa shape index (κ1) is 10.4. The molecule has 0 saturated carbocycles. The molecular weight excluding hydrogens is 182 g/mol. The molecule has 1 aliphatic heterocycles. The van der Waals surface area contributed by atoms with E-state index in [4.69, 9.17) is 0 Å². The Morgan fingerprint density at radius 3 is 2.67 bits per heavy atom. The summed E-state index contributed by atoms with van der Waals surface area (Å²) in [6.45, 7) is 6.86. The lowest BCUT2D eigenvalue weighted by molar-refractivity contribution is -0.582. The maximum Gasteiger partial charge on any atom is 0.180 e. The molecule has 1 heteroatoms. The number of hydrogen-bond donors (Lipinski definition) is 0. The number of rotatable bonds is 1. The van der Waals surface area contributed by atoms with Crippen molar-refractivity contribution in [2.24, 2.45) is 0 Å². The van der Waals surface area contributed by atoms with Crippen LogP contribution in [0.2, 0.25) is 0 Å². The Morgan fingerprint density at radius 1 is 1.33 bits per heavy atom. The summed E-state index contributed by atoms with van der Waals surface area (Å²) in [5.41, 5.74) is 4.61. The average molecular weight is 202 g/mol. The molecule has 1 nitrogen and oxygen atoms in total. The van der Waals surface area contributed by atoms with E-state index in [0.717, 1.165) is 6.42 Å². The standard InChI is InChI=1S/C14H20N/c1-5-14(3)10-12-8-6-7-9-13(12)11(2)15(14)4/h6-9H,5,10H2,1-4H3/q+1. The molecule has 0 N–H and O–H groups in total. The highest BCUT2D eigenvalue weighted by Crippen LogP contribution is 2.28. The van der Waals surface area contributed by atoms with Gasteiger partial charge in [0.25, 0.3) is 0 Å². The quantitative estimate of drug-likeness (QED) is 0.616. The molecule has 0 spiro atoms. The minimum Gasteiger partial charge on any atom is -0.231 e. The van der Waals surface area contributed by atoms with Crippen LogP contribution in [0, 0.1) is 0 Å². The maximum absolute atomic E-state index is 2.44. The molecule has 15 heavy (non-hydrogen) atoms. The van der Waals surface area contributed by atoms with Crippen molar-refractivity contribution in [1.29, 1.82) is 0 Å². The van der Waals surface area contributed by atoms with E-state index >= 15 is 0 Å². The van der Waals surface area contributed by atoms with Gasteiger partial charge in [-0.05, 0) is 11.6 Å². The Labute approximate surface area is 92.5 Å². The van der Waals surface area contributed by atoms with Gasteiger partial charge in [-0.25, -0.2) is 4.58 Å². The molecule has 1 aliphatic rings. The molecule has 1 atom stereocenters. The van der Waals surface area contributed by atoms with Crippen molar-refractivity contribution in [3.8, 4) is 0 Å². The third kappa shape index (κ3) is 1.50. The second-order valence-electron chi connectivity index (χ2n) is 4.83. The van der Waals surface area contributed by atoms with Gasteiger partial charge in [0, 0.05) is 32.3 Å². The van der Waals surface area contributed by atoms with E-state index < -0.39 is 0 Å². The van der Waals surface area contributed by atoms with Crippen LogP contribution in [0.3, 0.4) is 0 Å². The number of nitrogens with zero attached hydrogens (tertiary/aromatic N) is 1. The molecule has 2 rings (SSSR count). The predicted octanol–water partition coefficient (Wildman–Crippen LogP) is 2.86. The second kappa shape index (κ2) is 3.48. The maximum atomic E-state index is 2.44. The third-order valence-corrected chi connectivity index (χ3v) is 4.05. The second-order valence-corrected chi connectivity index (χ2v) is 4.83. The monoisotopic (exact) mass is 202 g/mol. The first-order valence-electron chi connectivity index (χ1n) is 5.74. The van der Waals surface area contributed by atoms with E-state index in [1.165, 1.54) is 23.3 Å². The van der Waals surface area contributed by atoms with E-state index in [9.17, 15) is 0 Å². The number of hydrogen-bond acceptors (Lipinski definition) is 0. The van der Waals surface area contributed by atoms with Gasteiger partial charge in [-0.1, -0.05) is 25.1 Å².